The number of nitrogens with two attached hydrogens (primary N) is 1. The first-order valence-corrected chi connectivity index (χ1v) is 10.9. The minimum absolute atomic E-state index is 0.186. The van der Waals surface area contributed by atoms with Crippen LogP contribution in [-0.4, -0.2) is 8.32 Å². The van der Waals surface area contributed by atoms with Crippen LogP contribution in [-0.2, 0) is 5.54 Å². The molecule has 4 heteroatoms. The second kappa shape index (κ2) is 5.87. The highest BCUT2D eigenvalue weighted by atomic mass is 35.5. The topological polar surface area (TPSA) is 35.2 Å². The van der Waals surface area contributed by atoms with E-state index in [4.69, 9.17) is 21.8 Å². The summed E-state index contributed by atoms with van der Waals surface area (Å²) in [4.78, 5) is 0. The van der Waals surface area contributed by atoms with Gasteiger partial charge in [0.05, 0.1) is 5.54 Å². The molecule has 120 valence electrons. The molecule has 2 rings (SSSR count). The third kappa shape index (κ3) is 3.65. The van der Waals surface area contributed by atoms with Crippen LogP contribution in [0.2, 0.25) is 18.1 Å². The van der Waals surface area contributed by atoms with Crippen molar-refractivity contribution in [1.82, 2.24) is 0 Å². The Morgan fingerprint density at radius 2 is 1.77 bits per heavy atom. The van der Waals surface area contributed by atoms with Crippen LogP contribution in [0.1, 0.15) is 32.8 Å². The fourth-order valence-electron chi connectivity index (χ4n) is 2.20. The number of hydrogen-bond donors (Lipinski definition) is 1. The Kier molecular flexibility index (Phi) is 4.63. The average molecular weight is 336 g/mol. The van der Waals surface area contributed by atoms with E-state index in [0.717, 1.165) is 16.3 Å². The summed E-state index contributed by atoms with van der Waals surface area (Å²) in [5.41, 5.74) is 7.00. The first-order valence-electron chi connectivity index (χ1n) is 7.66. The van der Waals surface area contributed by atoms with Gasteiger partial charge in [-0.2, -0.15) is 0 Å². The van der Waals surface area contributed by atoms with Crippen molar-refractivity contribution in [3.05, 3.63) is 53.1 Å². The smallest absolute Gasteiger partial charge is 0.250 e. The van der Waals surface area contributed by atoms with Gasteiger partial charge >= 0.3 is 0 Å². The van der Waals surface area contributed by atoms with Gasteiger partial charge in [-0.05, 0) is 41.9 Å². The summed E-state index contributed by atoms with van der Waals surface area (Å²) in [6.45, 7) is 11.2. The number of hydrogen-bond acceptors (Lipinski definition) is 2. The molecule has 22 heavy (non-hydrogen) atoms. The highest BCUT2D eigenvalue weighted by Gasteiger charge is 2.39. The van der Waals surface area contributed by atoms with Crippen LogP contribution >= 0.6 is 11.6 Å². The molecule has 0 heterocycles. The van der Waals surface area contributed by atoms with E-state index in [1.165, 1.54) is 0 Å². The molecule has 0 spiro atoms. The maximum absolute atomic E-state index is 6.47. The highest BCUT2D eigenvalue weighted by Crippen LogP contribution is 2.38. The monoisotopic (exact) mass is 335 g/mol. The summed E-state index contributed by atoms with van der Waals surface area (Å²) in [5, 5.41) is 0.970. The lowest BCUT2D eigenvalue weighted by atomic mass is 9.85. The third-order valence-electron chi connectivity index (χ3n) is 4.70. The lowest BCUT2D eigenvalue weighted by Crippen LogP contribution is -2.43. The molecular weight excluding hydrogens is 310 g/mol. The van der Waals surface area contributed by atoms with Gasteiger partial charge in [0.1, 0.15) is 5.75 Å². The van der Waals surface area contributed by atoms with E-state index < -0.39 is 13.9 Å². The molecule has 1 aliphatic carbocycles. The SMILES string of the molecule is CC(C)(C)[Si](C)(C)Oc1ccc(C2(N)C=CC=C(Cl)C2)cc1. The Labute approximate surface area is 140 Å². The summed E-state index contributed by atoms with van der Waals surface area (Å²) in [6, 6.07) is 8.12. The zero-order valence-electron chi connectivity index (χ0n) is 14.1. The molecule has 1 aromatic rings. The van der Waals surface area contributed by atoms with Gasteiger partial charge in [-0.25, -0.2) is 0 Å². The van der Waals surface area contributed by atoms with Gasteiger partial charge in [0.2, 0.25) is 8.32 Å². The predicted molar refractivity (Wildman–Crippen MR) is 97.8 cm³/mol. The largest absolute Gasteiger partial charge is 0.544 e. The van der Waals surface area contributed by atoms with Gasteiger partial charge in [-0.3, -0.25) is 0 Å². The van der Waals surface area contributed by atoms with Crippen molar-refractivity contribution < 1.29 is 4.43 Å². The van der Waals surface area contributed by atoms with E-state index in [1.54, 1.807) is 0 Å². The van der Waals surface area contributed by atoms with Gasteiger partial charge in [-0.1, -0.05) is 56.7 Å². The number of allylic oxidation sites excluding steroid dienone is 2. The highest BCUT2D eigenvalue weighted by molar-refractivity contribution is 6.74. The van der Waals surface area contributed by atoms with Crippen molar-refractivity contribution in [2.75, 3.05) is 0 Å². The Morgan fingerprint density at radius 1 is 1.18 bits per heavy atom. The van der Waals surface area contributed by atoms with Crippen LogP contribution in [0, 0.1) is 0 Å². The minimum Gasteiger partial charge on any atom is -0.544 e. The Hall–Kier alpha value is -1.03. The maximum atomic E-state index is 6.47. The van der Waals surface area contributed by atoms with Gasteiger partial charge in [0.15, 0.2) is 0 Å². The molecule has 0 aliphatic heterocycles. The van der Waals surface area contributed by atoms with Crippen molar-refractivity contribution in [1.29, 1.82) is 0 Å². The summed E-state index contributed by atoms with van der Waals surface area (Å²) in [7, 11) is -1.81. The summed E-state index contributed by atoms with van der Waals surface area (Å²) in [5.74, 6) is 0.917. The summed E-state index contributed by atoms with van der Waals surface area (Å²) < 4.78 is 6.31. The van der Waals surface area contributed by atoms with Crippen LogP contribution in [0.4, 0.5) is 0 Å². The number of rotatable bonds is 3. The van der Waals surface area contributed by atoms with Crippen LogP contribution < -0.4 is 10.2 Å². The Bertz CT molecular complexity index is 599. The van der Waals surface area contributed by atoms with Gasteiger partial charge < -0.3 is 10.2 Å². The first kappa shape index (κ1) is 17.3. The fourth-order valence-corrected chi connectivity index (χ4v) is 3.53. The average Bonchev–Trinajstić information content (AvgIpc) is 2.37. The molecule has 0 saturated carbocycles. The van der Waals surface area contributed by atoms with E-state index in [0.29, 0.717) is 6.42 Å². The predicted octanol–water partition coefficient (Wildman–Crippen LogP) is 5.31. The standard InChI is InChI=1S/C18H26ClNOSi/c1-17(2,3)22(4,5)21-16-10-8-14(9-11-16)18(20)12-6-7-15(19)13-18/h6-12H,13,20H2,1-5H3. The molecule has 0 amide bonds. The zero-order valence-corrected chi connectivity index (χ0v) is 15.9. The number of halogens is 1. The molecule has 0 fully saturated rings. The summed E-state index contributed by atoms with van der Waals surface area (Å²) in [6.07, 6.45) is 6.45. The van der Waals surface area contributed by atoms with Gasteiger partial charge in [-0.15, -0.1) is 0 Å². The lowest BCUT2D eigenvalue weighted by molar-refractivity contribution is 0.490. The molecule has 0 saturated heterocycles. The summed E-state index contributed by atoms with van der Waals surface area (Å²) >= 11 is 6.13. The molecule has 1 aromatic carbocycles. The van der Waals surface area contributed by atoms with E-state index >= 15 is 0 Å². The fraction of sp³-hybridized carbons (Fsp3) is 0.444. The molecule has 1 atom stereocenters. The number of benzene rings is 1. The first-order chi connectivity index (χ1) is 10.0. The van der Waals surface area contributed by atoms with E-state index in [9.17, 15) is 0 Å². The molecule has 1 unspecified atom stereocenters. The molecule has 0 aromatic heterocycles. The molecular formula is C18H26ClNOSi. The van der Waals surface area contributed by atoms with Crippen LogP contribution in [0.3, 0.4) is 0 Å². The molecule has 0 bridgehead atoms. The van der Waals surface area contributed by atoms with Crippen LogP contribution in [0.25, 0.3) is 0 Å². The van der Waals surface area contributed by atoms with Crippen LogP contribution in [0.5, 0.6) is 5.75 Å². The van der Waals surface area contributed by atoms with Gasteiger partial charge in [0, 0.05) is 11.5 Å². The van der Waals surface area contributed by atoms with Crippen molar-refractivity contribution in [2.45, 2.75) is 50.9 Å². The minimum atomic E-state index is -1.81. The third-order valence-corrected chi connectivity index (χ3v) is 9.32. The van der Waals surface area contributed by atoms with E-state index in [-0.39, 0.29) is 5.04 Å². The van der Waals surface area contributed by atoms with Crippen molar-refractivity contribution in [2.24, 2.45) is 5.73 Å². The Balaban J connectivity index is 2.18. The zero-order chi connectivity index (χ0) is 16.6. The molecule has 2 N–H and O–H groups in total. The Morgan fingerprint density at radius 3 is 2.27 bits per heavy atom. The molecule has 1 aliphatic rings. The van der Waals surface area contributed by atoms with Crippen molar-refractivity contribution in [3.8, 4) is 5.75 Å². The quantitative estimate of drug-likeness (QED) is 0.760. The molecule has 0 radical (unpaired) electrons. The van der Waals surface area contributed by atoms with Crippen molar-refractivity contribution >= 4 is 19.9 Å². The maximum Gasteiger partial charge on any atom is 0.250 e. The van der Waals surface area contributed by atoms with E-state index in [2.05, 4.69) is 33.9 Å². The second-order valence-corrected chi connectivity index (χ2v) is 12.8. The normalized spacial score (nSPS) is 22.4. The lowest BCUT2D eigenvalue weighted by Gasteiger charge is -2.36. The second-order valence-electron chi connectivity index (χ2n) is 7.58. The van der Waals surface area contributed by atoms with Crippen LogP contribution in [0.15, 0.2) is 47.5 Å². The van der Waals surface area contributed by atoms with E-state index in [1.807, 2.05) is 42.5 Å². The van der Waals surface area contributed by atoms with Crippen molar-refractivity contribution in [3.63, 3.8) is 0 Å². The van der Waals surface area contributed by atoms with Gasteiger partial charge in [0.25, 0.3) is 0 Å². The molecule has 2 nitrogen and oxygen atoms in total.